The van der Waals surface area contributed by atoms with Crippen molar-refractivity contribution in [3.8, 4) is 0 Å². The molecule has 0 aliphatic heterocycles. The summed E-state index contributed by atoms with van der Waals surface area (Å²) in [6, 6.07) is 3.45. The maximum absolute atomic E-state index is 10.8. The molecule has 0 saturated carbocycles. The third-order valence-electron chi connectivity index (χ3n) is 1.41. The molecule has 1 amide bonds. The van der Waals surface area contributed by atoms with Gasteiger partial charge in [0.05, 0.1) is 12.7 Å². The first kappa shape index (κ1) is 9.31. The summed E-state index contributed by atoms with van der Waals surface area (Å²) in [5.74, 6) is 0.00727. The van der Waals surface area contributed by atoms with Gasteiger partial charge in [-0.1, -0.05) is 5.16 Å². The number of nitrogens with zero attached hydrogens (tertiary/aromatic N) is 1. The molecule has 0 fully saturated rings. The van der Waals surface area contributed by atoms with Crippen LogP contribution in [0.1, 0.15) is 5.76 Å². The van der Waals surface area contributed by atoms with Gasteiger partial charge in [-0.2, -0.15) is 0 Å². The summed E-state index contributed by atoms with van der Waals surface area (Å²) in [7, 11) is 1.35. The van der Waals surface area contributed by atoms with Crippen molar-refractivity contribution in [3.63, 3.8) is 0 Å². The van der Waals surface area contributed by atoms with Gasteiger partial charge in [0.15, 0.2) is 5.71 Å². The van der Waals surface area contributed by atoms with Crippen molar-refractivity contribution in [2.24, 2.45) is 10.9 Å². The van der Waals surface area contributed by atoms with Crippen LogP contribution in [-0.2, 0) is 16.1 Å². The van der Waals surface area contributed by atoms with Crippen LogP contribution < -0.4 is 5.73 Å². The fourth-order valence-electron chi connectivity index (χ4n) is 0.853. The van der Waals surface area contributed by atoms with E-state index in [1.807, 2.05) is 0 Å². The van der Waals surface area contributed by atoms with Gasteiger partial charge in [-0.3, -0.25) is 4.79 Å². The number of hydrogen-bond donors (Lipinski definition) is 1. The first-order valence-corrected chi connectivity index (χ1v) is 3.66. The highest BCUT2D eigenvalue weighted by Gasteiger charge is 2.10. The SMILES string of the molecule is CON=C(Cc1ccco1)C(N)=O. The summed E-state index contributed by atoms with van der Waals surface area (Å²) in [5, 5.41) is 3.48. The van der Waals surface area contributed by atoms with Crippen molar-refractivity contribution in [1.29, 1.82) is 0 Å². The highest BCUT2D eigenvalue weighted by atomic mass is 16.6. The summed E-state index contributed by atoms with van der Waals surface area (Å²) in [5.41, 5.74) is 5.18. The highest BCUT2D eigenvalue weighted by molar-refractivity contribution is 6.38. The Labute approximate surface area is 75.1 Å². The third-order valence-corrected chi connectivity index (χ3v) is 1.41. The zero-order valence-corrected chi connectivity index (χ0v) is 7.19. The second kappa shape index (κ2) is 4.30. The molecule has 2 N–H and O–H groups in total. The summed E-state index contributed by atoms with van der Waals surface area (Å²) in [6.07, 6.45) is 1.76. The summed E-state index contributed by atoms with van der Waals surface area (Å²) < 4.78 is 5.02. The van der Waals surface area contributed by atoms with E-state index in [9.17, 15) is 4.79 Å². The van der Waals surface area contributed by atoms with Crippen LogP contribution in [0.2, 0.25) is 0 Å². The van der Waals surface area contributed by atoms with Crippen LogP contribution in [0, 0.1) is 0 Å². The highest BCUT2D eigenvalue weighted by Crippen LogP contribution is 2.02. The first-order chi connectivity index (χ1) is 6.24. The van der Waals surface area contributed by atoms with Crippen LogP contribution in [0.15, 0.2) is 28.0 Å². The number of rotatable bonds is 4. The lowest BCUT2D eigenvalue weighted by molar-refractivity contribution is -0.112. The quantitative estimate of drug-likeness (QED) is 0.537. The molecule has 5 heteroatoms. The summed E-state index contributed by atoms with van der Waals surface area (Å²) in [6.45, 7) is 0. The minimum atomic E-state index is -0.613. The lowest BCUT2D eigenvalue weighted by Gasteiger charge is -1.97. The van der Waals surface area contributed by atoms with Gasteiger partial charge in [0.1, 0.15) is 12.9 Å². The number of nitrogens with two attached hydrogens (primary N) is 1. The van der Waals surface area contributed by atoms with E-state index >= 15 is 0 Å². The largest absolute Gasteiger partial charge is 0.469 e. The van der Waals surface area contributed by atoms with Crippen LogP contribution in [0.4, 0.5) is 0 Å². The van der Waals surface area contributed by atoms with Crippen LogP contribution in [0.5, 0.6) is 0 Å². The lowest BCUT2D eigenvalue weighted by Crippen LogP contribution is -2.25. The van der Waals surface area contributed by atoms with Crippen molar-refractivity contribution in [1.82, 2.24) is 0 Å². The number of oxime groups is 1. The van der Waals surface area contributed by atoms with Gasteiger partial charge in [-0.25, -0.2) is 0 Å². The summed E-state index contributed by atoms with van der Waals surface area (Å²) >= 11 is 0. The normalized spacial score (nSPS) is 11.3. The van der Waals surface area contributed by atoms with E-state index in [1.165, 1.54) is 13.4 Å². The maximum atomic E-state index is 10.8. The zero-order valence-electron chi connectivity index (χ0n) is 7.19. The molecular formula is C8H10N2O3. The van der Waals surface area contributed by atoms with Crippen LogP contribution in [0.3, 0.4) is 0 Å². The number of primary amides is 1. The van der Waals surface area contributed by atoms with E-state index in [1.54, 1.807) is 12.1 Å². The second-order valence-electron chi connectivity index (χ2n) is 2.34. The minimum Gasteiger partial charge on any atom is -0.469 e. The molecular weight excluding hydrogens is 172 g/mol. The van der Waals surface area contributed by atoms with Crippen molar-refractivity contribution in [2.45, 2.75) is 6.42 Å². The van der Waals surface area contributed by atoms with Gasteiger partial charge in [0.2, 0.25) is 0 Å². The molecule has 0 bridgehead atoms. The average molecular weight is 182 g/mol. The number of hydrogen-bond acceptors (Lipinski definition) is 4. The third kappa shape index (κ3) is 2.62. The Morgan fingerprint density at radius 2 is 2.54 bits per heavy atom. The van der Waals surface area contributed by atoms with E-state index in [0.29, 0.717) is 5.76 Å². The molecule has 0 aromatic carbocycles. The predicted molar refractivity (Wildman–Crippen MR) is 46.1 cm³/mol. The molecule has 1 aromatic heterocycles. The van der Waals surface area contributed by atoms with Crippen molar-refractivity contribution in [3.05, 3.63) is 24.2 Å². The molecule has 1 heterocycles. The molecule has 1 aromatic rings. The van der Waals surface area contributed by atoms with Gasteiger partial charge in [-0.15, -0.1) is 0 Å². The predicted octanol–water partition coefficient (Wildman–Crippen LogP) is 0.310. The molecule has 13 heavy (non-hydrogen) atoms. The average Bonchev–Trinajstić information content (AvgIpc) is 2.56. The molecule has 70 valence electrons. The fourth-order valence-corrected chi connectivity index (χ4v) is 0.853. The molecule has 0 aliphatic rings. The first-order valence-electron chi connectivity index (χ1n) is 3.66. The Balaban J connectivity index is 2.69. The van der Waals surface area contributed by atoms with Gasteiger partial charge in [0.25, 0.3) is 5.91 Å². The van der Waals surface area contributed by atoms with E-state index < -0.39 is 5.91 Å². The monoisotopic (exact) mass is 182 g/mol. The van der Waals surface area contributed by atoms with E-state index in [-0.39, 0.29) is 12.1 Å². The number of furan rings is 1. The van der Waals surface area contributed by atoms with E-state index in [2.05, 4.69) is 9.99 Å². The van der Waals surface area contributed by atoms with Crippen molar-refractivity contribution >= 4 is 11.6 Å². The number of amides is 1. The molecule has 0 atom stereocenters. The zero-order chi connectivity index (χ0) is 9.68. The molecule has 0 spiro atoms. The molecule has 0 unspecified atom stereocenters. The Morgan fingerprint density at radius 3 is 3.00 bits per heavy atom. The van der Waals surface area contributed by atoms with Gasteiger partial charge in [0, 0.05) is 0 Å². The van der Waals surface area contributed by atoms with Crippen molar-refractivity contribution in [2.75, 3.05) is 7.11 Å². The standard InChI is InChI=1S/C8H10N2O3/c1-12-10-7(8(9)11)5-6-3-2-4-13-6/h2-4H,5H2,1H3,(H2,9,11). The lowest BCUT2D eigenvalue weighted by atomic mass is 10.2. The van der Waals surface area contributed by atoms with Crippen molar-refractivity contribution < 1.29 is 14.0 Å². The topological polar surface area (TPSA) is 77.8 Å². The Bertz CT molecular complexity index is 303. The fraction of sp³-hybridized carbons (Fsp3) is 0.250. The van der Waals surface area contributed by atoms with Gasteiger partial charge >= 0.3 is 0 Å². The number of carbonyl (C=O) groups is 1. The molecule has 5 nitrogen and oxygen atoms in total. The molecule has 0 radical (unpaired) electrons. The van der Waals surface area contributed by atoms with E-state index in [4.69, 9.17) is 10.2 Å². The van der Waals surface area contributed by atoms with Crippen LogP contribution >= 0.6 is 0 Å². The van der Waals surface area contributed by atoms with E-state index in [0.717, 1.165) is 0 Å². The summed E-state index contributed by atoms with van der Waals surface area (Å²) in [4.78, 5) is 15.2. The van der Waals surface area contributed by atoms with Gasteiger partial charge in [-0.05, 0) is 12.1 Å². The smallest absolute Gasteiger partial charge is 0.266 e. The maximum Gasteiger partial charge on any atom is 0.266 e. The molecule has 1 rings (SSSR count). The second-order valence-corrected chi connectivity index (χ2v) is 2.34. The Hall–Kier alpha value is -1.78. The van der Waals surface area contributed by atoms with Crippen LogP contribution in [0.25, 0.3) is 0 Å². The molecule has 0 saturated heterocycles. The Kier molecular flexibility index (Phi) is 3.08. The number of carbonyl (C=O) groups excluding carboxylic acids is 1. The Morgan fingerprint density at radius 1 is 1.77 bits per heavy atom. The van der Waals surface area contributed by atoms with Gasteiger partial charge < -0.3 is 15.0 Å². The van der Waals surface area contributed by atoms with Crippen LogP contribution in [-0.4, -0.2) is 18.7 Å². The molecule has 0 aliphatic carbocycles. The minimum absolute atomic E-state index is 0.137.